The molecular formula is C15H14N4O3. The molecule has 4 rings (SSSR count). The van der Waals surface area contributed by atoms with E-state index in [0.29, 0.717) is 23.5 Å². The molecule has 0 radical (unpaired) electrons. The molecule has 1 aliphatic rings. The number of aromatic nitrogens is 4. The van der Waals surface area contributed by atoms with Gasteiger partial charge in [0.05, 0.1) is 0 Å². The van der Waals surface area contributed by atoms with Crippen LogP contribution in [0.15, 0.2) is 33.3 Å². The standard InChI is InChI=1S/C15H14N4O3/c1-9-16-14(18-21-9)11-4-6-12(7-5-11)20-8-13-17-15(19-22-13)10-2-3-10/h4-7,10H,2-3,8H2,1H3. The maximum absolute atomic E-state index is 5.64. The number of benzene rings is 1. The Balaban J connectivity index is 1.40. The summed E-state index contributed by atoms with van der Waals surface area (Å²) >= 11 is 0. The Hall–Kier alpha value is -2.70. The molecule has 0 amide bonds. The van der Waals surface area contributed by atoms with E-state index in [1.165, 1.54) is 0 Å². The number of hydrogen-bond acceptors (Lipinski definition) is 7. The van der Waals surface area contributed by atoms with Crippen molar-refractivity contribution >= 4 is 0 Å². The average Bonchev–Trinajstić information content (AvgIpc) is 3.12. The van der Waals surface area contributed by atoms with Crippen molar-refractivity contribution in [3.8, 4) is 17.1 Å². The van der Waals surface area contributed by atoms with Gasteiger partial charge in [0, 0.05) is 18.4 Å². The fraction of sp³-hybridized carbons (Fsp3) is 0.333. The molecule has 0 unspecified atom stereocenters. The molecule has 2 heterocycles. The van der Waals surface area contributed by atoms with Gasteiger partial charge in [0.2, 0.25) is 11.7 Å². The van der Waals surface area contributed by atoms with E-state index in [2.05, 4.69) is 20.3 Å². The molecule has 1 aromatic carbocycles. The highest BCUT2D eigenvalue weighted by atomic mass is 16.5. The molecule has 7 nitrogen and oxygen atoms in total. The van der Waals surface area contributed by atoms with Crippen molar-refractivity contribution in [1.29, 1.82) is 0 Å². The predicted molar refractivity (Wildman–Crippen MR) is 75.1 cm³/mol. The van der Waals surface area contributed by atoms with Crippen molar-refractivity contribution in [1.82, 2.24) is 20.3 Å². The van der Waals surface area contributed by atoms with Gasteiger partial charge in [-0.25, -0.2) is 0 Å². The lowest BCUT2D eigenvalue weighted by molar-refractivity contribution is 0.242. The summed E-state index contributed by atoms with van der Waals surface area (Å²) in [5.74, 6) is 3.60. The van der Waals surface area contributed by atoms with Gasteiger partial charge < -0.3 is 13.8 Å². The molecule has 0 atom stereocenters. The van der Waals surface area contributed by atoms with Gasteiger partial charge in [0.15, 0.2) is 12.4 Å². The summed E-state index contributed by atoms with van der Waals surface area (Å²) < 4.78 is 15.8. The van der Waals surface area contributed by atoms with E-state index >= 15 is 0 Å². The second-order valence-corrected chi connectivity index (χ2v) is 5.27. The first kappa shape index (κ1) is 13.0. The second kappa shape index (κ2) is 5.25. The van der Waals surface area contributed by atoms with Crippen molar-refractivity contribution in [3.63, 3.8) is 0 Å². The normalized spacial score (nSPS) is 14.2. The number of hydrogen-bond donors (Lipinski definition) is 0. The molecule has 0 bridgehead atoms. The molecular weight excluding hydrogens is 284 g/mol. The summed E-state index contributed by atoms with van der Waals surface area (Å²) in [6.45, 7) is 2.02. The van der Waals surface area contributed by atoms with E-state index in [1.54, 1.807) is 6.92 Å². The minimum absolute atomic E-state index is 0.264. The molecule has 7 heteroatoms. The Morgan fingerprint density at radius 2 is 1.91 bits per heavy atom. The molecule has 0 spiro atoms. The first-order valence-electron chi connectivity index (χ1n) is 7.14. The maximum atomic E-state index is 5.64. The summed E-state index contributed by atoms with van der Waals surface area (Å²) in [4.78, 5) is 8.50. The lowest BCUT2D eigenvalue weighted by Gasteiger charge is -2.03. The lowest BCUT2D eigenvalue weighted by atomic mass is 10.2. The van der Waals surface area contributed by atoms with Gasteiger partial charge >= 0.3 is 0 Å². The third kappa shape index (κ3) is 2.69. The Morgan fingerprint density at radius 1 is 1.09 bits per heavy atom. The van der Waals surface area contributed by atoms with E-state index in [-0.39, 0.29) is 6.61 Å². The molecule has 1 saturated carbocycles. The first-order chi connectivity index (χ1) is 10.8. The molecule has 0 saturated heterocycles. The van der Waals surface area contributed by atoms with Crippen LogP contribution in [0.4, 0.5) is 0 Å². The summed E-state index contributed by atoms with van der Waals surface area (Å²) in [5.41, 5.74) is 0.873. The van der Waals surface area contributed by atoms with Crippen molar-refractivity contribution < 1.29 is 13.8 Å². The minimum atomic E-state index is 0.264. The van der Waals surface area contributed by atoms with E-state index in [9.17, 15) is 0 Å². The number of aryl methyl sites for hydroxylation is 1. The summed E-state index contributed by atoms with van der Waals surface area (Å²) in [5, 5.41) is 7.83. The predicted octanol–water partition coefficient (Wildman–Crippen LogP) is 2.88. The lowest BCUT2D eigenvalue weighted by Crippen LogP contribution is -1.96. The maximum Gasteiger partial charge on any atom is 0.264 e. The highest BCUT2D eigenvalue weighted by Crippen LogP contribution is 2.38. The van der Waals surface area contributed by atoms with Crippen molar-refractivity contribution in [2.75, 3.05) is 0 Å². The second-order valence-electron chi connectivity index (χ2n) is 5.27. The topological polar surface area (TPSA) is 87.1 Å². The fourth-order valence-corrected chi connectivity index (χ4v) is 2.10. The van der Waals surface area contributed by atoms with Crippen LogP contribution in [0.1, 0.15) is 36.4 Å². The molecule has 22 heavy (non-hydrogen) atoms. The molecule has 1 aliphatic carbocycles. The number of nitrogens with zero attached hydrogens (tertiary/aromatic N) is 4. The molecule has 0 N–H and O–H groups in total. The summed E-state index contributed by atoms with van der Waals surface area (Å²) in [6.07, 6.45) is 2.30. The number of rotatable bonds is 5. The van der Waals surface area contributed by atoms with E-state index in [4.69, 9.17) is 13.8 Å². The number of ether oxygens (including phenoxy) is 1. The van der Waals surface area contributed by atoms with Crippen molar-refractivity contribution in [3.05, 3.63) is 41.9 Å². The third-order valence-corrected chi connectivity index (χ3v) is 3.43. The van der Waals surface area contributed by atoms with Crippen molar-refractivity contribution in [2.45, 2.75) is 32.3 Å². The fourth-order valence-electron chi connectivity index (χ4n) is 2.10. The van der Waals surface area contributed by atoms with Crippen LogP contribution in [0, 0.1) is 6.92 Å². The quantitative estimate of drug-likeness (QED) is 0.715. The van der Waals surface area contributed by atoms with Gasteiger partial charge in [-0.2, -0.15) is 9.97 Å². The van der Waals surface area contributed by atoms with Gasteiger partial charge in [-0.15, -0.1) is 0 Å². The smallest absolute Gasteiger partial charge is 0.264 e. The Kier molecular flexibility index (Phi) is 3.10. The van der Waals surface area contributed by atoms with Gasteiger partial charge in [0.1, 0.15) is 5.75 Å². The highest BCUT2D eigenvalue weighted by Gasteiger charge is 2.28. The van der Waals surface area contributed by atoms with Gasteiger partial charge in [0.25, 0.3) is 5.89 Å². The summed E-state index contributed by atoms with van der Waals surface area (Å²) in [7, 11) is 0. The zero-order valence-electron chi connectivity index (χ0n) is 12.0. The molecule has 1 fully saturated rings. The Bertz CT molecular complexity index is 774. The van der Waals surface area contributed by atoms with Crippen LogP contribution in [-0.2, 0) is 6.61 Å². The minimum Gasteiger partial charge on any atom is -0.484 e. The van der Waals surface area contributed by atoms with Gasteiger partial charge in [-0.1, -0.05) is 10.3 Å². The third-order valence-electron chi connectivity index (χ3n) is 3.43. The van der Waals surface area contributed by atoms with Gasteiger partial charge in [-0.05, 0) is 37.1 Å². The summed E-state index contributed by atoms with van der Waals surface area (Å²) in [6, 6.07) is 7.45. The molecule has 0 aliphatic heterocycles. The largest absolute Gasteiger partial charge is 0.484 e. The molecule has 2 aromatic heterocycles. The zero-order chi connectivity index (χ0) is 14.9. The van der Waals surface area contributed by atoms with Crippen LogP contribution < -0.4 is 4.74 Å². The van der Waals surface area contributed by atoms with E-state index in [0.717, 1.165) is 30.0 Å². The average molecular weight is 298 g/mol. The van der Waals surface area contributed by atoms with Crippen LogP contribution >= 0.6 is 0 Å². The highest BCUT2D eigenvalue weighted by molar-refractivity contribution is 5.55. The van der Waals surface area contributed by atoms with E-state index < -0.39 is 0 Å². The zero-order valence-corrected chi connectivity index (χ0v) is 12.0. The first-order valence-corrected chi connectivity index (χ1v) is 7.14. The van der Waals surface area contributed by atoms with Crippen LogP contribution in [0.3, 0.4) is 0 Å². The SMILES string of the molecule is Cc1nc(-c2ccc(OCc3nc(C4CC4)no3)cc2)no1. The van der Waals surface area contributed by atoms with E-state index in [1.807, 2.05) is 24.3 Å². The molecule has 112 valence electrons. The van der Waals surface area contributed by atoms with Crippen LogP contribution in [0.5, 0.6) is 5.75 Å². The van der Waals surface area contributed by atoms with Crippen molar-refractivity contribution in [2.24, 2.45) is 0 Å². The monoisotopic (exact) mass is 298 g/mol. The van der Waals surface area contributed by atoms with Gasteiger partial charge in [-0.3, -0.25) is 0 Å². The Labute approximate surface area is 126 Å². The molecule has 3 aromatic rings. The Morgan fingerprint density at radius 3 is 2.59 bits per heavy atom. The van der Waals surface area contributed by atoms with Crippen LogP contribution in [0.2, 0.25) is 0 Å². The van der Waals surface area contributed by atoms with Crippen LogP contribution in [0.25, 0.3) is 11.4 Å². The van der Waals surface area contributed by atoms with Crippen LogP contribution in [-0.4, -0.2) is 20.3 Å².